The standard InChI is InChI=1S/C21H23BrFNO/c22-13-4-2-1-3-5-15-25-20-10-11-21-17(16-20)12-14-24(21)19-8-6-18(23)7-9-19/h6-12,14,16H,1-5,13,15H2. The minimum absolute atomic E-state index is 0.219. The van der Waals surface area contributed by atoms with E-state index in [0.717, 1.165) is 40.7 Å². The number of alkyl halides is 1. The summed E-state index contributed by atoms with van der Waals surface area (Å²) in [5, 5.41) is 2.22. The zero-order valence-electron chi connectivity index (χ0n) is 14.3. The first-order valence-corrected chi connectivity index (χ1v) is 9.96. The van der Waals surface area contributed by atoms with Crippen molar-refractivity contribution in [1.29, 1.82) is 0 Å². The van der Waals surface area contributed by atoms with E-state index in [1.807, 2.05) is 12.3 Å². The van der Waals surface area contributed by atoms with Gasteiger partial charge in [0.1, 0.15) is 11.6 Å². The van der Waals surface area contributed by atoms with Gasteiger partial charge >= 0.3 is 0 Å². The third-order valence-electron chi connectivity index (χ3n) is 4.31. The van der Waals surface area contributed by atoms with Crippen molar-refractivity contribution in [3.05, 3.63) is 60.5 Å². The smallest absolute Gasteiger partial charge is 0.123 e. The zero-order chi connectivity index (χ0) is 17.5. The van der Waals surface area contributed by atoms with E-state index in [1.54, 1.807) is 12.1 Å². The molecule has 0 N–H and O–H groups in total. The number of fused-ring (bicyclic) bond motifs is 1. The number of benzene rings is 2. The molecule has 0 amide bonds. The minimum atomic E-state index is -0.219. The summed E-state index contributed by atoms with van der Waals surface area (Å²) in [4.78, 5) is 0. The third kappa shape index (κ3) is 4.85. The predicted molar refractivity (Wildman–Crippen MR) is 106 cm³/mol. The Balaban J connectivity index is 1.59. The Morgan fingerprint density at radius 2 is 1.64 bits per heavy atom. The Morgan fingerprint density at radius 1 is 0.880 bits per heavy atom. The Morgan fingerprint density at radius 3 is 2.44 bits per heavy atom. The van der Waals surface area contributed by atoms with Gasteiger partial charge in [0.15, 0.2) is 0 Å². The van der Waals surface area contributed by atoms with Crippen LogP contribution in [0, 0.1) is 5.82 Å². The molecule has 0 spiro atoms. The molecule has 0 atom stereocenters. The average molecular weight is 404 g/mol. The first-order chi connectivity index (χ1) is 12.3. The molecule has 25 heavy (non-hydrogen) atoms. The zero-order valence-corrected chi connectivity index (χ0v) is 15.8. The molecule has 0 unspecified atom stereocenters. The van der Waals surface area contributed by atoms with E-state index in [4.69, 9.17) is 4.74 Å². The van der Waals surface area contributed by atoms with Crippen molar-refractivity contribution in [2.24, 2.45) is 0 Å². The number of hydrogen-bond donors (Lipinski definition) is 0. The Kier molecular flexibility index (Phi) is 6.51. The second-order valence-electron chi connectivity index (χ2n) is 6.19. The lowest BCUT2D eigenvalue weighted by Gasteiger charge is -2.08. The van der Waals surface area contributed by atoms with Crippen LogP contribution in [0.1, 0.15) is 32.1 Å². The fourth-order valence-electron chi connectivity index (χ4n) is 2.95. The van der Waals surface area contributed by atoms with Crippen molar-refractivity contribution in [3.63, 3.8) is 0 Å². The summed E-state index contributed by atoms with van der Waals surface area (Å²) in [5.41, 5.74) is 2.04. The Labute approximate surface area is 156 Å². The molecule has 0 radical (unpaired) electrons. The largest absolute Gasteiger partial charge is 0.494 e. The highest BCUT2D eigenvalue weighted by Crippen LogP contribution is 2.25. The number of rotatable bonds is 9. The molecule has 0 aliphatic heterocycles. The highest BCUT2D eigenvalue weighted by Gasteiger charge is 2.05. The van der Waals surface area contributed by atoms with E-state index in [0.29, 0.717) is 0 Å². The average Bonchev–Trinajstić information content (AvgIpc) is 3.05. The fourth-order valence-corrected chi connectivity index (χ4v) is 3.35. The summed E-state index contributed by atoms with van der Waals surface area (Å²) in [7, 11) is 0. The van der Waals surface area contributed by atoms with Gasteiger partial charge in [0.25, 0.3) is 0 Å². The van der Waals surface area contributed by atoms with E-state index in [1.165, 1.54) is 37.8 Å². The molecule has 0 saturated carbocycles. The molecule has 0 saturated heterocycles. The maximum Gasteiger partial charge on any atom is 0.123 e. The predicted octanol–water partition coefficient (Wildman–Crippen LogP) is 6.49. The molecule has 3 rings (SSSR count). The van der Waals surface area contributed by atoms with Crippen molar-refractivity contribution in [2.75, 3.05) is 11.9 Å². The summed E-state index contributed by atoms with van der Waals surface area (Å²) in [6, 6.07) is 14.7. The van der Waals surface area contributed by atoms with Crippen LogP contribution in [0.25, 0.3) is 16.6 Å². The summed E-state index contributed by atoms with van der Waals surface area (Å²) in [6.07, 6.45) is 8.13. The lowest BCUT2D eigenvalue weighted by atomic mass is 10.2. The van der Waals surface area contributed by atoms with Gasteiger partial charge in [-0.2, -0.15) is 0 Å². The number of hydrogen-bond acceptors (Lipinski definition) is 1. The summed E-state index contributed by atoms with van der Waals surface area (Å²) in [5.74, 6) is 0.688. The number of ether oxygens (including phenoxy) is 1. The van der Waals surface area contributed by atoms with E-state index < -0.39 is 0 Å². The number of halogens is 2. The van der Waals surface area contributed by atoms with Crippen molar-refractivity contribution >= 4 is 26.8 Å². The van der Waals surface area contributed by atoms with Crippen LogP contribution in [-0.2, 0) is 0 Å². The van der Waals surface area contributed by atoms with Crippen molar-refractivity contribution in [2.45, 2.75) is 32.1 Å². The highest BCUT2D eigenvalue weighted by molar-refractivity contribution is 9.09. The number of unbranched alkanes of at least 4 members (excludes halogenated alkanes) is 4. The van der Waals surface area contributed by atoms with Crippen LogP contribution in [0.4, 0.5) is 4.39 Å². The van der Waals surface area contributed by atoms with Crippen molar-refractivity contribution in [3.8, 4) is 11.4 Å². The maximum atomic E-state index is 13.1. The molecule has 132 valence electrons. The Bertz CT molecular complexity index is 797. The van der Waals surface area contributed by atoms with Crippen LogP contribution in [0.2, 0.25) is 0 Å². The van der Waals surface area contributed by atoms with Crippen LogP contribution < -0.4 is 4.74 Å². The van der Waals surface area contributed by atoms with Crippen LogP contribution in [0.15, 0.2) is 54.7 Å². The molecule has 3 aromatic rings. The molecular weight excluding hydrogens is 381 g/mol. The number of nitrogens with zero attached hydrogens (tertiary/aromatic N) is 1. The normalized spacial score (nSPS) is 11.1. The molecule has 2 aromatic carbocycles. The van der Waals surface area contributed by atoms with E-state index in [2.05, 4.69) is 38.7 Å². The van der Waals surface area contributed by atoms with Gasteiger partial charge in [0.05, 0.1) is 12.1 Å². The quantitative estimate of drug-likeness (QED) is 0.294. The SMILES string of the molecule is Fc1ccc(-n2ccc3cc(OCCCCCCCBr)ccc32)cc1. The second kappa shape index (κ2) is 9.04. The molecular formula is C21H23BrFNO. The minimum Gasteiger partial charge on any atom is -0.494 e. The fraction of sp³-hybridized carbons (Fsp3) is 0.333. The van der Waals surface area contributed by atoms with E-state index in [9.17, 15) is 4.39 Å². The first kappa shape index (κ1) is 18.0. The molecule has 2 nitrogen and oxygen atoms in total. The van der Waals surface area contributed by atoms with Gasteiger partial charge in [-0.3, -0.25) is 0 Å². The Hall–Kier alpha value is -1.81. The molecule has 0 fully saturated rings. The highest BCUT2D eigenvalue weighted by atomic mass is 79.9. The topological polar surface area (TPSA) is 14.2 Å². The third-order valence-corrected chi connectivity index (χ3v) is 4.87. The lowest BCUT2D eigenvalue weighted by Crippen LogP contribution is -1.97. The monoisotopic (exact) mass is 403 g/mol. The van der Waals surface area contributed by atoms with E-state index in [-0.39, 0.29) is 5.82 Å². The summed E-state index contributed by atoms with van der Waals surface area (Å²) in [6.45, 7) is 0.762. The lowest BCUT2D eigenvalue weighted by molar-refractivity contribution is 0.305. The summed E-state index contributed by atoms with van der Waals surface area (Å²) < 4.78 is 21.0. The molecule has 1 aromatic heterocycles. The van der Waals surface area contributed by atoms with Gasteiger partial charge in [-0.1, -0.05) is 35.2 Å². The van der Waals surface area contributed by atoms with Gasteiger partial charge in [0, 0.05) is 22.6 Å². The summed E-state index contributed by atoms with van der Waals surface area (Å²) >= 11 is 3.46. The van der Waals surface area contributed by atoms with Gasteiger partial charge in [-0.15, -0.1) is 0 Å². The van der Waals surface area contributed by atoms with Gasteiger partial charge in [0.2, 0.25) is 0 Å². The molecule has 0 bridgehead atoms. The second-order valence-corrected chi connectivity index (χ2v) is 6.98. The van der Waals surface area contributed by atoms with Crippen LogP contribution in [0.3, 0.4) is 0 Å². The molecule has 0 aliphatic rings. The van der Waals surface area contributed by atoms with Crippen molar-refractivity contribution < 1.29 is 9.13 Å². The number of aromatic nitrogens is 1. The first-order valence-electron chi connectivity index (χ1n) is 8.84. The molecule has 4 heteroatoms. The molecule has 0 aliphatic carbocycles. The van der Waals surface area contributed by atoms with E-state index >= 15 is 0 Å². The van der Waals surface area contributed by atoms with Gasteiger partial charge in [-0.25, -0.2) is 4.39 Å². The van der Waals surface area contributed by atoms with Gasteiger partial charge in [-0.05, 0) is 61.4 Å². The van der Waals surface area contributed by atoms with Crippen LogP contribution in [-0.4, -0.2) is 16.5 Å². The maximum absolute atomic E-state index is 13.1. The molecule has 1 heterocycles. The van der Waals surface area contributed by atoms with Crippen molar-refractivity contribution in [1.82, 2.24) is 4.57 Å². The van der Waals surface area contributed by atoms with Crippen LogP contribution >= 0.6 is 15.9 Å². The van der Waals surface area contributed by atoms with Crippen LogP contribution in [0.5, 0.6) is 5.75 Å². The van der Waals surface area contributed by atoms with Gasteiger partial charge < -0.3 is 9.30 Å².